The number of nitrogens with zero attached hydrogens (tertiary/aromatic N) is 6. The summed E-state index contributed by atoms with van der Waals surface area (Å²) in [6.45, 7) is 0.213. The fourth-order valence-electron chi connectivity index (χ4n) is 2.72. The van der Waals surface area contributed by atoms with Gasteiger partial charge in [0.2, 0.25) is 11.6 Å². The Morgan fingerprint density at radius 2 is 1.47 bits per heavy atom. The molecule has 0 unspecified atom stereocenters. The largest absolute Gasteiger partial charge is 0.494 e. The van der Waals surface area contributed by atoms with Crippen LogP contribution in [0.15, 0.2) is 55.1 Å². The molecule has 0 aliphatic rings. The molecular weight excluding hydrogens is 442 g/mol. The van der Waals surface area contributed by atoms with Crippen LogP contribution in [0.3, 0.4) is 0 Å². The minimum absolute atomic E-state index is 0.0396. The van der Waals surface area contributed by atoms with Crippen molar-refractivity contribution < 1.29 is 23.7 Å². The second kappa shape index (κ2) is 10.7. The summed E-state index contributed by atoms with van der Waals surface area (Å²) >= 11 is 0. The molecule has 0 radical (unpaired) electrons. The summed E-state index contributed by atoms with van der Waals surface area (Å²) in [5.74, 6) is 2.14. The maximum atomic E-state index is 6.21. The van der Waals surface area contributed by atoms with Crippen molar-refractivity contribution in [3.8, 4) is 46.5 Å². The van der Waals surface area contributed by atoms with Gasteiger partial charge in [-0.25, -0.2) is 15.0 Å². The van der Waals surface area contributed by atoms with Crippen molar-refractivity contribution >= 4 is 5.82 Å². The highest BCUT2D eigenvalue weighted by Crippen LogP contribution is 2.39. The van der Waals surface area contributed by atoms with Gasteiger partial charge in [0.05, 0.1) is 26.6 Å². The van der Waals surface area contributed by atoms with E-state index in [1.165, 1.54) is 26.6 Å². The summed E-state index contributed by atoms with van der Waals surface area (Å²) in [5.41, 5.74) is 6.21. The van der Waals surface area contributed by atoms with Gasteiger partial charge >= 0.3 is 6.01 Å². The van der Waals surface area contributed by atoms with Crippen LogP contribution in [-0.4, -0.2) is 57.3 Å². The smallest absolute Gasteiger partial charge is 0.316 e. The minimum atomic E-state index is 0.0396. The number of ether oxygens (including phenoxy) is 5. The van der Waals surface area contributed by atoms with Crippen molar-refractivity contribution in [1.82, 2.24) is 29.9 Å². The van der Waals surface area contributed by atoms with Crippen molar-refractivity contribution in [1.29, 1.82) is 0 Å². The molecule has 12 nitrogen and oxygen atoms in total. The van der Waals surface area contributed by atoms with Crippen molar-refractivity contribution in [3.63, 3.8) is 0 Å². The first-order valence-corrected chi connectivity index (χ1v) is 10.1. The highest BCUT2D eigenvalue weighted by atomic mass is 16.6. The van der Waals surface area contributed by atoms with Crippen LogP contribution in [0, 0.1) is 0 Å². The average Bonchev–Trinajstić information content (AvgIpc) is 2.89. The number of hydrogen-bond acceptors (Lipinski definition) is 12. The molecule has 0 saturated heterocycles. The molecule has 3 heterocycles. The van der Waals surface area contributed by atoms with Crippen LogP contribution >= 0.6 is 0 Å². The van der Waals surface area contributed by atoms with E-state index < -0.39 is 0 Å². The summed E-state index contributed by atoms with van der Waals surface area (Å²) < 4.78 is 27.7. The zero-order chi connectivity index (χ0) is 23.8. The maximum Gasteiger partial charge on any atom is 0.316 e. The number of anilines is 1. The molecule has 174 valence electrons. The molecule has 0 fully saturated rings. The van der Waals surface area contributed by atoms with Gasteiger partial charge in [0.1, 0.15) is 13.2 Å². The first-order chi connectivity index (χ1) is 16.7. The number of hydrogen-bond donors (Lipinski definition) is 1. The molecule has 0 amide bonds. The minimum Gasteiger partial charge on any atom is -0.494 e. The summed E-state index contributed by atoms with van der Waals surface area (Å²) in [5, 5.41) is 0. The van der Waals surface area contributed by atoms with Crippen LogP contribution in [-0.2, 0) is 0 Å². The van der Waals surface area contributed by atoms with Crippen LogP contribution in [0.25, 0.3) is 11.6 Å². The molecule has 0 saturated carbocycles. The molecule has 4 rings (SSSR count). The lowest BCUT2D eigenvalue weighted by atomic mass is 10.3. The molecule has 12 heteroatoms. The van der Waals surface area contributed by atoms with E-state index in [-0.39, 0.29) is 48.3 Å². The van der Waals surface area contributed by atoms with E-state index in [0.29, 0.717) is 17.2 Å². The van der Waals surface area contributed by atoms with Gasteiger partial charge < -0.3 is 29.4 Å². The van der Waals surface area contributed by atoms with Gasteiger partial charge in [-0.05, 0) is 18.2 Å². The van der Waals surface area contributed by atoms with Crippen LogP contribution in [0.5, 0.6) is 34.9 Å². The molecule has 0 atom stereocenters. The Hall–Kier alpha value is -4.74. The topological polar surface area (TPSA) is 150 Å². The van der Waals surface area contributed by atoms with Gasteiger partial charge in [-0.3, -0.25) is 0 Å². The molecule has 0 aliphatic carbocycles. The van der Waals surface area contributed by atoms with Gasteiger partial charge in [0, 0.05) is 12.4 Å². The Kier molecular flexibility index (Phi) is 7.08. The third-order valence-electron chi connectivity index (χ3n) is 4.30. The standard InChI is InChI=1S/C22H21N7O5/c1-30-14-12-26-22(27-13-14)33-11-10-32-21-17(34-16-7-4-3-6-15(16)31-2)18(23)28-20(29-21)19-24-8-5-9-25-19/h3-9,12-13H,10-11H2,1-2H3,(H2,23,28,29). The van der Waals surface area contributed by atoms with E-state index in [4.69, 9.17) is 29.4 Å². The van der Waals surface area contributed by atoms with E-state index in [0.717, 1.165) is 0 Å². The molecule has 4 aromatic rings. The summed E-state index contributed by atoms with van der Waals surface area (Å²) in [7, 11) is 3.06. The van der Waals surface area contributed by atoms with Gasteiger partial charge in [-0.1, -0.05) is 12.1 Å². The lowest BCUT2D eigenvalue weighted by Crippen LogP contribution is -2.13. The SMILES string of the molecule is COc1cnc(OCCOc2nc(-c3ncccn3)nc(N)c2Oc2ccccc2OC)nc1. The second-order valence-electron chi connectivity index (χ2n) is 6.49. The number of rotatable bonds is 10. The van der Waals surface area contributed by atoms with Crippen molar-refractivity contribution in [2.24, 2.45) is 0 Å². The van der Waals surface area contributed by atoms with Crippen LogP contribution in [0.1, 0.15) is 0 Å². The van der Waals surface area contributed by atoms with Crippen LogP contribution in [0.2, 0.25) is 0 Å². The van der Waals surface area contributed by atoms with Crippen LogP contribution < -0.4 is 29.4 Å². The van der Waals surface area contributed by atoms with Crippen molar-refractivity contribution in [3.05, 3.63) is 55.1 Å². The van der Waals surface area contributed by atoms with E-state index in [1.807, 2.05) is 6.07 Å². The van der Waals surface area contributed by atoms with Crippen molar-refractivity contribution in [2.45, 2.75) is 0 Å². The summed E-state index contributed by atoms with van der Waals surface area (Å²) in [6, 6.07) is 8.95. The Labute approximate surface area is 194 Å². The quantitative estimate of drug-likeness (QED) is 0.344. The molecule has 0 aliphatic heterocycles. The predicted octanol–water partition coefficient (Wildman–Crippen LogP) is 2.57. The van der Waals surface area contributed by atoms with Gasteiger partial charge in [-0.2, -0.15) is 15.0 Å². The highest BCUT2D eigenvalue weighted by molar-refractivity contribution is 5.60. The number of nitrogens with two attached hydrogens (primary N) is 1. The van der Waals surface area contributed by atoms with E-state index in [2.05, 4.69) is 29.9 Å². The van der Waals surface area contributed by atoms with E-state index in [1.54, 1.807) is 36.7 Å². The second-order valence-corrected chi connectivity index (χ2v) is 6.49. The molecule has 0 spiro atoms. The van der Waals surface area contributed by atoms with Gasteiger partial charge in [-0.15, -0.1) is 0 Å². The molecule has 3 aromatic heterocycles. The Morgan fingerprint density at radius 3 is 2.18 bits per heavy atom. The lowest BCUT2D eigenvalue weighted by molar-refractivity contribution is 0.197. The average molecular weight is 463 g/mol. The number of benzene rings is 1. The summed E-state index contributed by atoms with van der Waals surface area (Å²) in [6.07, 6.45) is 6.15. The molecule has 1 aromatic carbocycles. The predicted molar refractivity (Wildman–Crippen MR) is 120 cm³/mol. The van der Waals surface area contributed by atoms with Gasteiger partial charge in [0.25, 0.3) is 5.88 Å². The van der Waals surface area contributed by atoms with Gasteiger partial charge in [0.15, 0.2) is 28.9 Å². The number of methoxy groups -OCH3 is 2. The fourth-order valence-corrected chi connectivity index (χ4v) is 2.72. The first-order valence-electron chi connectivity index (χ1n) is 10.1. The zero-order valence-electron chi connectivity index (χ0n) is 18.4. The summed E-state index contributed by atoms with van der Waals surface area (Å²) in [4.78, 5) is 25.1. The third kappa shape index (κ3) is 5.35. The fraction of sp³-hybridized carbons (Fsp3) is 0.182. The maximum absolute atomic E-state index is 6.21. The molecule has 0 bridgehead atoms. The molecular formula is C22H21N7O5. The monoisotopic (exact) mass is 463 g/mol. The molecule has 2 N–H and O–H groups in total. The normalized spacial score (nSPS) is 10.4. The highest BCUT2D eigenvalue weighted by Gasteiger charge is 2.20. The van der Waals surface area contributed by atoms with Crippen LogP contribution in [0.4, 0.5) is 5.82 Å². The molecule has 34 heavy (non-hydrogen) atoms. The number of nitrogen functional groups attached to an aromatic ring is 1. The Bertz CT molecular complexity index is 1230. The number of aromatic nitrogens is 6. The first kappa shape index (κ1) is 22.5. The van der Waals surface area contributed by atoms with Crippen molar-refractivity contribution in [2.75, 3.05) is 33.2 Å². The zero-order valence-corrected chi connectivity index (χ0v) is 18.4. The third-order valence-corrected chi connectivity index (χ3v) is 4.30. The van der Waals surface area contributed by atoms with E-state index >= 15 is 0 Å². The number of para-hydroxylation sites is 2. The Balaban J connectivity index is 1.56. The van der Waals surface area contributed by atoms with E-state index in [9.17, 15) is 0 Å². The lowest BCUT2D eigenvalue weighted by Gasteiger charge is -2.15. The Morgan fingerprint density at radius 1 is 0.765 bits per heavy atom.